The lowest BCUT2D eigenvalue weighted by Crippen LogP contribution is -2.44. The molecule has 1 N–H and O–H groups in total. The molecule has 0 saturated heterocycles. The molecule has 4 aliphatic rings. The molecular formula is C52H35N3. The van der Waals surface area contributed by atoms with Crippen LogP contribution < -0.4 is 10.2 Å². The van der Waals surface area contributed by atoms with Gasteiger partial charge in [0.25, 0.3) is 0 Å². The first-order valence-electron chi connectivity index (χ1n) is 19.2. The summed E-state index contributed by atoms with van der Waals surface area (Å²) < 4.78 is 0. The van der Waals surface area contributed by atoms with E-state index >= 15 is 0 Å². The van der Waals surface area contributed by atoms with Gasteiger partial charge < -0.3 is 10.2 Å². The van der Waals surface area contributed by atoms with Crippen LogP contribution in [0.4, 0.5) is 17.1 Å². The van der Waals surface area contributed by atoms with Crippen LogP contribution >= 0.6 is 0 Å². The number of benzene rings is 8. The average Bonchev–Trinajstić information content (AvgIpc) is 3.53. The predicted octanol–water partition coefficient (Wildman–Crippen LogP) is 13.0. The van der Waals surface area contributed by atoms with Crippen molar-refractivity contribution in [2.45, 2.75) is 18.0 Å². The Kier molecular flexibility index (Phi) is 6.52. The second kappa shape index (κ2) is 11.8. The highest BCUT2D eigenvalue weighted by atomic mass is 15.3. The first-order valence-corrected chi connectivity index (χ1v) is 19.2. The molecule has 3 atom stereocenters. The van der Waals surface area contributed by atoms with Gasteiger partial charge in [-0.3, -0.25) is 0 Å². The number of hydrogen-bond acceptors (Lipinski definition) is 3. The van der Waals surface area contributed by atoms with Crippen molar-refractivity contribution in [1.29, 1.82) is 0 Å². The minimum atomic E-state index is -0.174. The molecular weight excluding hydrogens is 667 g/mol. The van der Waals surface area contributed by atoms with Crippen LogP contribution in [0.5, 0.6) is 0 Å². The van der Waals surface area contributed by atoms with Gasteiger partial charge >= 0.3 is 0 Å². The molecule has 0 spiro atoms. The normalized spacial score (nSPS) is 18.8. The fourth-order valence-corrected chi connectivity index (χ4v) is 9.76. The van der Waals surface area contributed by atoms with E-state index in [0.717, 1.165) is 22.6 Å². The zero-order chi connectivity index (χ0) is 36.0. The van der Waals surface area contributed by atoms with Crippen molar-refractivity contribution in [2.75, 3.05) is 10.2 Å². The molecule has 2 aliphatic carbocycles. The van der Waals surface area contributed by atoms with Crippen LogP contribution in [0.25, 0.3) is 54.9 Å². The Balaban J connectivity index is 1.21. The number of aliphatic imine (C=N–C) groups is 1. The maximum Gasteiger partial charge on any atom is 0.137 e. The Labute approximate surface area is 320 Å². The average molecular weight is 702 g/mol. The van der Waals surface area contributed by atoms with Crippen molar-refractivity contribution in [3.8, 4) is 22.3 Å². The van der Waals surface area contributed by atoms with E-state index in [9.17, 15) is 0 Å². The zero-order valence-electron chi connectivity index (χ0n) is 30.0. The highest BCUT2D eigenvalue weighted by Gasteiger charge is 2.49. The topological polar surface area (TPSA) is 27.6 Å². The Bertz CT molecular complexity index is 2950. The molecule has 0 amide bonds. The third kappa shape index (κ3) is 4.53. The van der Waals surface area contributed by atoms with Crippen molar-refractivity contribution in [1.82, 2.24) is 0 Å². The van der Waals surface area contributed by atoms with Crippen LogP contribution in [0, 0.1) is 0 Å². The van der Waals surface area contributed by atoms with E-state index in [0.29, 0.717) is 0 Å². The third-order valence-corrected chi connectivity index (χ3v) is 12.1. The lowest BCUT2D eigenvalue weighted by Gasteiger charge is -2.38. The van der Waals surface area contributed by atoms with Gasteiger partial charge in [0.05, 0.1) is 17.4 Å². The molecule has 0 fully saturated rings. The molecule has 0 saturated carbocycles. The van der Waals surface area contributed by atoms with E-state index < -0.39 is 0 Å². The molecule has 8 aromatic rings. The van der Waals surface area contributed by atoms with E-state index in [2.05, 4.69) is 198 Å². The maximum atomic E-state index is 5.82. The van der Waals surface area contributed by atoms with Crippen molar-refractivity contribution in [3.63, 3.8) is 0 Å². The van der Waals surface area contributed by atoms with E-state index in [1.165, 1.54) is 77.5 Å². The Morgan fingerprint density at radius 1 is 0.545 bits per heavy atom. The lowest BCUT2D eigenvalue weighted by atomic mass is 9.77. The fraction of sp³-hybridized carbons (Fsp3) is 0.0577. The quantitative estimate of drug-likeness (QED) is 0.199. The van der Waals surface area contributed by atoms with Crippen molar-refractivity contribution in [2.24, 2.45) is 4.99 Å². The van der Waals surface area contributed by atoms with Crippen molar-refractivity contribution in [3.05, 3.63) is 210 Å². The van der Waals surface area contributed by atoms with E-state index in [1.54, 1.807) is 0 Å². The molecule has 258 valence electrons. The Morgan fingerprint density at radius 3 is 2.04 bits per heavy atom. The second-order valence-electron chi connectivity index (χ2n) is 15.1. The van der Waals surface area contributed by atoms with Crippen LogP contribution in [-0.2, 0) is 0 Å². The zero-order valence-corrected chi connectivity index (χ0v) is 30.0. The van der Waals surface area contributed by atoms with Gasteiger partial charge in [0.2, 0.25) is 0 Å². The standard InChI is InChI=1S/C52H35N3/c1-4-14-32(15-5-1)37-28-42-40-24-12-21-35-22-13-25-41(47(35)40)43-29-38(33-16-6-2-7-17-33)31-46-49(43)48(42)45(30-37)55(46)52-50(36-19-8-3-9-20-36)53-44-27-26-34-18-10-11-23-39(34)51(44)54-52/h1-31,45,48,50,53H. The predicted molar refractivity (Wildman–Crippen MR) is 230 cm³/mol. The van der Waals surface area contributed by atoms with Crippen molar-refractivity contribution < 1.29 is 0 Å². The molecule has 2 heterocycles. The van der Waals surface area contributed by atoms with Gasteiger partial charge in [0, 0.05) is 17.0 Å². The number of nitrogens with zero attached hydrogens (tertiary/aromatic N) is 2. The van der Waals surface area contributed by atoms with Gasteiger partial charge in [-0.05, 0) is 90.0 Å². The number of hydrogen-bond donors (Lipinski definition) is 1. The molecule has 0 radical (unpaired) electrons. The summed E-state index contributed by atoms with van der Waals surface area (Å²) in [6.45, 7) is 0. The molecule has 0 bridgehead atoms. The molecule has 3 unspecified atom stereocenters. The molecule has 3 nitrogen and oxygen atoms in total. The van der Waals surface area contributed by atoms with Crippen LogP contribution in [0.1, 0.15) is 34.2 Å². The number of fused-ring (bicyclic) bond motifs is 5. The first-order chi connectivity index (χ1) is 27.3. The number of rotatable bonds is 3. The second-order valence-corrected chi connectivity index (χ2v) is 15.1. The van der Waals surface area contributed by atoms with Crippen molar-refractivity contribution >= 4 is 55.6 Å². The summed E-state index contributed by atoms with van der Waals surface area (Å²) >= 11 is 0. The van der Waals surface area contributed by atoms with Gasteiger partial charge in [0.1, 0.15) is 11.9 Å². The van der Waals surface area contributed by atoms with Gasteiger partial charge in [-0.2, -0.15) is 0 Å². The monoisotopic (exact) mass is 701 g/mol. The number of allylic oxidation sites excluding steroid dienone is 2. The highest BCUT2D eigenvalue weighted by molar-refractivity contribution is 6.18. The Morgan fingerprint density at radius 2 is 1.24 bits per heavy atom. The summed E-state index contributed by atoms with van der Waals surface area (Å²) in [6.07, 6.45) is 5.00. The smallest absolute Gasteiger partial charge is 0.137 e. The van der Waals surface area contributed by atoms with Gasteiger partial charge in [-0.15, -0.1) is 0 Å². The van der Waals surface area contributed by atoms with Crippen LogP contribution in [0.3, 0.4) is 0 Å². The summed E-state index contributed by atoms with van der Waals surface area (Å²) in [5, 5.41) is 8.96. The van der Waals surface area contributed by atoms with E-state index in [1.807, 2.05) is 0 Å². The lowest BCUT2D eigenvalue weighted by molar-refractivity contribution is 0.760. The maximum absolute atomic E-state index is 5.82. The SMILES string of the molecule is C1=C(c2ccccc2)C=C2c3cccc4cccc(c34)-c3cc(-c4ccccc4)cc4c3C2C1N4C1=Nc2c(ccc3ccccc23)NC1c1ccccc1. The van der Waals surface area contributed by atoms with Gasteiger partial charge in [-0.1, -0.05) is 170 Å². The number of anilines is 2. The van der Waals surface area contributed by atoms with E-state index in [-0.39, 0.29) is 18.0 Å². The number of amidine groups is 1. The Hall–Kier alpha value is -6.97. The van der Waals surface area contributed by atoms with Gasteiger partial charge in [-0.25, -0.2) is 4.99 Å². The molecule has 3 heteroatoms. The molecule has 0 aromatic heterocycles. The largest absolute Gasteiger partial charge is 0.370 e. The molecule has 8 aromatic carbocycles. The fourth-order valence-electron chi connectivity index (χ4n) is 9.76. The first kappa shape index (κ1) is 30.5. The highest BCUT2D eigenvalue weighted by Crippen LogP contribution is 2.60. The minimum absolute atomic E-state index is 0.0252. The van der Waals surface area contributed by atoms with Crippen LogP contribution in [-0.4, -0.2) is 11.9 Å². The van der Waals surface area contributed by atoms with Gasteiger partial charge in [0.15, 0.2) is 0 Å². The van der Waals surface area contributed by atoms with Crippen LogP contribution in [0.15, 0.2) is 193 Å². The molecule has 2 aliphatic heterocycles. The summed E-state index contributed by atoms with van der Waals surface area (Å²) in [7, 11) is 0. The van der Waals surface area contributed by atoms with Crippen LogP contribution in [0.2, 0.25) is 0 Å². The molecule has 55 heavy (non-hydrogen) atoms. The van der Waals surface area contributed by atoms with E-state index in [4.69, 9.17) is 4.99 Å². The summed E-state index contributed by atoms with van der Waals surface area (Å²) in [4.78, 5) is 8.42. The summed E-state index contributed by atoms with van der Waals surface area (Å²) in [5.41, 5.74) is 16.0. The third-order valence-electron chi connectivity index (χ3n) is 12.1. The number of nitrogens with one attached hydrogen (secondary N) is 1. The molecule has 12 rings (SSSR count). The minimum Gasteiger partial charge on any atom is -0.370 e. The summed E-state index contributed by atoms with van der Waals surface area (Å²) in [5.74, 6) is 1.10. The summed E-state index contributed by atoms with van der Waals surface area (Å²) in [6, 6.07) is 64.0.